The van der Waals surface area contributed by atoms with Crippen molar-refractivity contribution < 1.29 is 9.90 Å². The van der Waals surface area contributed by atoms with Crippen LogP contribution in [-0.2, 0) is 11.2 Å². The van der Waals surface area contributed by atoms with Crippen LogP contribution in [-0.4, -0.2) is 28.6 Å². The highest BCUT2D eigenvalue weighted by molar-refractivity contribution is 7.07. The van der Waals surface area contributed by atoms with E-state index in [2.05, 4.69) is 10.3 Å². The molecule has 1 unspecified atom stereocenters. The summed E-state index contributed by atoms with van der Waals surface area (Å²) in [6, 6.07) is -0.362. The summed E-state index contributed by atoms with van der Waals surface area (Å²) < 4.78 is 0. The summed E-state index contributed by atoms with van der Waals surface area (Å²) in [5, 5.41) is 13.8. The summed E-state index contributed by atoms with van der Waals surface area (Å²) in [7, 11) is 0. The molecule has 1 saturated heterocycles. The number of thiazole rings is 1. The normalized spacial score (nSPS) is 26.6. The van der Waals surface area contributed by atoms with E-state index in [1.54, 1.807) is 11.3 Å². The third kappa shape index (κ3) is 2.10. The summed E-state index contributed by atoms with van der Waals surface area (Å²) in [6.07, 6.45) is 1.60. The van der Waals surface area contributed by atoms with Crippen LogP contribution in [0.5, 0.6) is 0 Å². The molecule has 0 spiro atoms. The monoisotopic (exact) mass is 212 g/mol. The van der Waals surface area contributed by atoms with E-state index in [9.17, 15) is 4.79 Å². The predicted octanol–water partition coefficient (Wildman–Crippen LogP) is 0.748. The van der Waals surface area contributed by atoms with E-state index in [1.807, 2.05) is 10.9 Å². The van der Waals surface area contributed by atoms with E-state index < -0.39 is 5.97 Å². The maximum absolute atomic E-state index is 10.7. The van der Waals surface area contributed by atoms with Gasteiger partial charge in [0.15, 0.2) is 0 Å². The zero-order valence-corrected chi connectivity index (χ0v) is 8.46. The van der Waals surface area contributed by atoms with Crippen LogP contribution in [0.1, 0.15) is 12.1 Å². The number of nitrogens with one attached hydrogen (secondary N) is 1. The topological polar surface area (TPSA) is 62.2 Å². The fourth-order valence-electron chi connectivity index (χ4n) is 1.79. The Balaban J connectivity index is 1.87. The SMILES string of the molecule is O=C(O)[C@@H]1CC(Cc2cscn2)CN1. The summed E-state index contributed by atoms with van der Waals surface area (Å²) in [5.41, 5.74) is 2.89. The Hall–Kier alpha value is -0.940. The number of aromatic nitrogens is 1. The Morgan fingerprint density at radius 1 is 1.79 bits per heavy atom. The van der Waals surface area contributed by atoms with Crippen molar-refractivity contribution in [2.75, 3.05) is 6.54 Å². The van der Waals surface area contributed by atoms with Crippen molar-refractivity contribution in [3.05, 3.63) is 16.6 Å². The van der Waals surface area contributed by atoms with Crippen LogP contribution in [0.2, 0.25) is 0 Å². The molecule has 0 aliphatic carbocycles. The van der Waals surface area contributed by atoms with Crippen LogP contribution in [0, 0.1) is 5.92 Å². The number of carbonyl (C=O) groups is 1. The van der Waals surface area contributed by atoms with Crippen molar-refractivity contribution in [2.45, 2.75) is 18.9 Å². The first kappa shape index (κ1) is 9.61. The lowest BCUT2D eigenvalue weighted by Crippen LogP contribution is -2.29. The molecule has 1 aromatic heterocycles. The summed E-state index contributed by atoms with van der Waals surface area (Å²) >= 11 is 1.58. The first-order chi connectivity index (χ1) is 6.75. The molecule has 1 aliphatic rings. The average molecular weight is 212 g/mol. The number of aliphatic carboxylic acids is 1. The molecular weight excluding hydrogens is 200 g/mol. The highest BCUT2D eigenvalue weighted by atomic mass is 32.1. The van der Waals surface area contributed by atoms with Gasteiger partial charge in [0.2, 0.25) is 0 Å². The van der Waals surface area contributed by atoms with Gasteiger partial charge in [-0.05, 0) is 25.3 Å². The van der Waals surface area contributed by atoms with Gasteiger partial charge in [0, 0.05) is 5.38 Å². The Labute approximate surface area is 86.0 Å². The largest absolute Gasteiger partial charge is 0.480 e. The van der Waals surface area contributed by atoms with E-state index >= 15 is 0 Å². The quantitative estimate of drug-likeness (QED) is 0.776. The van der Waals surface area contributed by atoms with Crippen molar-refractivity contribution in [3.63, 3.8) is 0 Å². The highest BCUT2D eigenvalue weighted by Gasteiger charge is 2.29. The van der Waals surface area contributed by atoms with E-state index in [1.165, 1.54) is 0 Å². The van der Waals surface area contributed by atoms with E-state index in [0.717, 1.165) is 18.7 Å². The van der Waals surface area contributed by atoms with Gasteiger partial charge in [0.1, 0.15) is 6.04 Å². The lowest BCUT2D eigenvalue weighted by Gasteiger charge is -2.04. The molecule has 0 saturated carbocycles. The van der Waals surface area contributed by atoms with Crippen LogP contribution in [0.4, 0.5) is 0 Å². The molecule has 1 aromatic rings. The van der Waals surface area contributed by atoms with Crippen LogP contribution in [0.25, 0.3) is 0 Å². The van der Waals surface area contributed by atoms with Gasteiger partial charge in [-0.15, -0.1) is 11.3 Å². The van der Waals surface area contributed by atoms with E-state index in [0.29, 0.717) is 12.3 Å². The van der Waals surface area contributed by atoms with Crippen molar-refractivity contribution in [2.24, 2.45) is 5.92 Å². The van der Waals surface area contributed by atoms with Gasteiger partial charge in [-0.1, -0.05) is 0 Å². The molecule has 2 rings (SSSR count). The predicted molar refractivity (Wildman–Crippen MR) is 53.4 cm³/mol. The van der Waals surface area contributed by atoms with E-state index in [4.69, 9.17) is 5.11 Å². The first-order valence-corrected chi connectivity index (χ1v) is 5.53. The molecule has 5 heteroatoms. The Morgan fingerprint density at radius 2 is 2.64 bits per heavy atom. The Kier molecular flexibility index (Phi) is 2.79. The molecular formula is C9H12N2O2S. The molecule has 14 heavy (non-hydrogen) atoms. The molecule has 0 aromatic carbocycles. The molecule has 2 N–H and O–H groups in total. The second-order valence-electron chi connectivity index (χ2n) is 3.58. The van der Waals surface area contributed by atoms with Crippen LogP contribution in [0.3, 0.4) is 0 Å². The van der Waals surface area contributed by atoms with Gasteiger partial charge in [-0.25, -0.2) is 4.98 Å². The lowest BCUT2D eigenvalue weighted by molar-refractivity contribution is -0.139. The van der Waals surface area contributed by atoms with Crippen LogP contribution in [0.15, 0.2) is 10.9 Å². The number of nitrogens with zero attached hydrogens (tertiary/aromatic N) is 1. The summed E-state index contributed by atoms with van der Waals surface area (Å²) in [4.78, 5) is 14.9. The number of carboxylic acids is 1. The molecule has 2 heterocycles. The number of carboxylic acid groups (broad SMARTS) is 1. The molecule has 0 bridgehead atoms. The van der Waals surface area contributed by atoms with Crippen molar-refractivity contribution >= 4 is 17.3 Å². The molecule has 1 fully saturated rings. The van der Waals surface area contributed by atoms with Gasteiger partial charge < -0.3 is 10.4 Å². The van der Waals surface area contributed by atoms with Crippen LogP contribution < -0.4 is 5.32 Å². The van der Waals surface area contributed by atoms with Crippen molar-refractivity contribution in [1.82, 2.24) is 10.3 Å². The zero-order valence-electron chi connectivity index (χ0n) is 7.64. The highest BCUT2D eigenvalue weighted by Crippen LogP contribution is 2.19. The second-order valence-corrected chi connectivity index (χ2v) is 4.30. The minimum absolute atomic E-state index is 0.362. The van der Waals surface area contributed by atoms with Gasteiger partial charge >= 0.3 is 5.97 Å². The summed E-state index contributed by atoms with van der Waals surface area (Å²) in [5.74, 6) is -0.330. The first-order valence-electron chi connectivity index (χ1n) is 4.59. The third-order valence-electron chi connectivity index (χ3n) is 2.50. The Bertz CT molecular complexity index is 313. The van der Waals surface area contributed by atoms with Crippen molar-refractivity contribution in [3.8, 4) is 0 Å². The molecule has 2 atom stereocenters. The standard InChI is InChI=1S/C9H12N2O2S/c12-9(13)8-2-6(3-10-8)1-7-4-14-5-11-7/h4-6,8,10H,1-3H2,(H,12,13)/t6?,8-/m0/s1. The smallest absolute Gasteiger partial charge is 0.320 e. The Morgan fingerprint density at radius 3 is 3.21 bits per heavy atom. The van der Waals surface area contributed by atoms with Crippen molar-refractivity contribution in [1.29, 1.82) is 0 Å². The van der Waals surface area contributed by atoms with Gasteiger partial charge in [0.05, 0.1) is 11.2 Å². The molecule has 0 radical (unpaired) electrons. The molecule has 76 valence electrons. The molecule has 0 amide bonds. The number of hydrogen-bond acceptors (Lipinski definition) is 4. The maximum Gasteiger partial charge on any atom is 0.320 e. The molecule has 4 nitrogen and oxygen atoms in total. The van der Waals surface area contributed by atoms with E-state index in [-0.39, 0.29) is 6.04 Å². The maximum atomic E-state index is 10.7. The third-order valence-corrected chi connectivity index (χ3v) is 3.14. The van der Waals surface area contributed by atoms with Crippen LogP contribution >= 0.6 is 11.3 Å². The molecule has 1 aliphatic heterocycles. The van der Waals surface area contributed by atoms with Gasteiger partial charge in [-0.2, -0.15) is 0 Å². The fraction of sp³-hybridized carbons (Fsp3) is 0.556. The minimum Gasteiger partial charge on any atom is -0.480 e. The summed E-state index contributed by atoms with van der Waals surface area (Å²) in [6.45, 7) is 0.786. The number of hydrogen-bond donors (Lipinski definition) is 2. The fourth-order valence-corrected chi connectivity index (χ4v) is 2.36. The lowest BCUT2D eigenvalue weighted by atomic mass is 10.0. The minimum atomic E-state index is -0.745. The number of rotatable bonds is 3. The average Bonchev–Trinajstić information content (AvgIpc) is 2.75. The second kappa shape index (κ2) is 4.06. The van der Waals surface area contributed by atoms with Gasteiger partial charge in [-0.3, -0.25) is 4.79 Å². The van der Waals surface area contributed by atoms with Gasteiger partial charge in [0.25, 0.3) is 0 Å². The zero-order chi connectivity index (χ0) is 9.97.